The molecule has 1 aliphatic heterocycles. The predicted octanol–water partition coefficient (Wildman–Crippen LogP) is 2.81. The molecule has 0 amide bonds. The third kappa shape index (κ3) is 4.49. The third-order valence-corrected chi connectivity index (χ3v) is 5.68. The molecular weight excluding hydrogens is 399 g/mol. The lowest BCUT2D eigenvalue weighted by atomic mass is 10.2. The minimum atomic E-state index is -4.08. The molecule has 1 fully saturated rings. The molecule has 7 nitrogen and oxygen atoms in total. The van der Waals surface area contributed by atoms with E-state index < -0.39 is 21.8 Å². The molecule has 1 aliphatic rings. The summed E-state index contributed by atoms with van der Waals surface area (Å²) < 4.78 is 46.7. The summed E-state index contributed by atoms with van der Waals surface area (Å²) in [5.74, 6) is -1.85. The van der Waals surface area contributed by atoms with Crippen molar-refractivity contribution in [1.29, 1.82) is 0 Å². The Kier molecular flexibility index (Phi) is 5.54. The van der Waals surface area contributed by atoms with E-state index >= 15 is 0 Å². The summed E-state index contributed by atoms with van der Waals surface area (Å²) >= 11 is 5.83. The van der Waals surface area contributed by atoms with Gasteiger partial charge >= 0.3 is 5.97 Å². The molecule has 0 unspecified atom stereocenters. The second-order valence-electron chi connectivity index (χ2n) is 5.85. The molecular formula is C17H16ClFN2O5S. The number of hydrogen-bond donors (Lipinski definition) is 2. The van der Waals surface area contributed by atoms with Gasteiger partial charge in [-0.2, -0.15) is 0 Å². The molecule has 1 saturated heterocycles. The van der Waals surface area contributed by atoms with Gasteiger partial charge in [0.1, 0.15) is 5.82 Å². The van der Waals surface area contributed by atoms with Gasteiger partial charge < -0.3 is 14.7 Å². The second-order valence-corrected chi connectivity index (χ2v) is 7.94. The summed E-state index contributed by atoms with van der Waals surface area (Å²) in [5, 5.41) is 8.77. The van der Waals surface area contributed by atoms with Crippen molar-refractivity contribution in [1.82, 2.24) is 0 Å². The lowest BCUT2D eigenvalue weighted by Crippen LogP contribution is -2.36. The van der Waals surface area contributed by atoms with Gasteiger partial charge in [0, 0.05) is 18.8 Å². The number of anilines is 2. The van der Waals surface area contributed by atoms with E-state index in [4.69, 9.17) is 21.4 Å². The summed E-state index contributed by atoms with van der Waals surface area (Å²) in [4.78, 5) is 12.7. The first-order valence-electron chi connectivity index (χ1n) is 7.95. The van der Waals surface area contributed by atoms with E-state index in [0.717, 1.165) is 24.3 Å². The molecule has 2 aromatic rings. The Morgan fingerprint density at radius 2 is 1.89 bits per heavy atom. The van der Waals surface area contributed by atoms with E-state index in [0.29, 0.717) is 32.0 Å². The van der Waals surface area contributed by atoms with Crippen LogP contribution in [0.5, 0.6) is 0 Å². The Morgan fingerprint density at radius 1 is 1.19 bits per heavy atom. The highest BCUT2D eigenvalue weighted by atomic mass is 35.5. The molecule has 0 radical (unpaired) electrons. The number of rotatable bonds is 5. The van der Waals surface area contributed by atoms with Gasteiger partial charge in [-0.3, -0.25) is 4.72 Å². The summed E-state index contributed by atoms with van der Waals surface area (Å²) in [6, 6.07) is 7.18. The highest BCUT2D eigenvalue weighted by molar-refractivity contribution is 7.92. The first-order chi connectivity index (χ1) is 12.8. The van der Waals surface area contributed by atoms with Crippen molar-refractivity contribution in [2.75, 3.05) is 35.9 Å². The van der Waals surface area contributed by atoms with E-state index in [1.807, 2.05) is 4.90 Å². The summed E-state index contributed by atoms with van der Waals surface area (Å²) in [6.07, 6.45) is 0. The number of hydrogen-bond acceptors (Lipinski definition) is 5. The van der Waals surface area contributed by atoms with Crippen LogP contribution in [0, 0.1) is 5.82 Å². The maximum atomic E-state index is 14.0. The number of benzene rings is 2. The molecule has 27 heavy (non-hydrogen) atoms. The molecule has 10 heteroatoms. The zero-order valence-corrected chi connectivity index (χ0v) is 15.6. The molecule has 2 N–H and O–H groups in total. The molecule has 0 aromatic heterocycles. The van der Waals surface area contributed by atoms with Crippen LogP contribution in [0.2, 0.25) is 5.02 Å². The van der Waals surface area contributed by atoms with Crippen LogP contribution in [0.1, 0.15) is 10.4 Å². The monoisotopic (exact) mass is 414 g/mol. The van der Waals surface area contributed by atoms with Crippen molar-refractivity contribution in [3.05, 3.63) is 52.8 Å². The van der Waals surface area contributed by atoms with Crippen molar-refractivity contribution in [3.63, 3.8) is 0 Å². The van der Waals surface area contributed by atoms with Crippen LogP contribution in [0.3, 0.4) is 0 Å². The number of aromatic carboxylic acids is 1. The number of nitrogens with zero attached hydrogens (tertiary/aromatic N) is 1. The number of sulfonamides is 1. The number of carboxylic acids is 1. The SMILES string of the molecule is O=C(O)c1ccc(S(=O)(=O)Nc2cc(F)cc(N3CCOCC3)c2)cc1Cl. The summed E-state index contributed by atoms with van der Waals surface area (Å²) in [6.45, 7) is 2.15. The van der Waals surface area contributed by atoms with Gasteiger partial charge in [-0.25, -0.2) is 17.6 Å². The van der Waals surface area contributed by atoms with Crippen LogP contribution < -0.4 is 9.62 Å². The Morgan fingerprint density at radius 3 is 2.52 bits per heavy atom. The van der Waals surface area contributed by atoms with Gasteiger partial charge in [-0.05, 0) is 36.4 Å². The first-order valence-corrected chi connectivity index (χ1v) is 9.81. The van der Waals surface area contributed by atoms with Gasteiger partial charge in [-0.15, -0.1) is 0 Å². The topological polar surface area (TPSA) is 95.9 Å². The van der Waals surface area contributed by atoms with E-state index in [1.54, 1.807) is 0 Å². The van der Waals surface area contributed by atoms with Gasteiger partial charge in [0.2, 0.25) is 0 Å². The maximum Gasteiger partial charge on any atom is 0.337 e. The number of halogens is 2. The Balaban J connectivity index is 1.88. The van der Waals surface area contributed by atoms with Gasteiger partial charge in [0.15, 0.2) is 0 Å². The van der Waals surface area contributed by atoms with Crippen molar-refractivity contribution >= 4 is 39.0 Å². The molecule has 144 valence electrons. The van der Waals surface area contributed by atoms with Crippen molar-refractivity contribution in [3.8, 4) is 0 Å². The fourth-order valence-electron chi connectivity index (χ4n) is 2.69. The molecule has 0 spiro atoms. The molecule has 3 rings (SSSR count). The number of morpholine rings is 1. The maximum absolute atomic E-state index is 14.0. The largest absolute Gasteiger partial charge is 0.478 e. The van der Waals surface area contributed by atoms with Gasteiger partial charge in [0.05, 0.1) is 34.4 Å². The number of nitrogens with one attached hydrogen (secondary N) is 1. The van der Waals surface area contributed by atoms with E-state index in [1.165, 1.54) is 12.1 Å². The molecule has 0 aliphatic carbocycles. The van der Waals surface area contributed by atoms with E-state index in [9.17, 15) is 17.6 Å². The van der Waals surface area contributed by atoms with Crippen molar-refractivity contribution in [2.45, 2.75) is 4.90 Å². The van der Waals surface area contributed by atoms with Crippen LogP contribution >= 0.6 is 11.6 Å². The zero-order chi connectivity index (χ0) is 19.6. The predicted molar refractivity (Wildman–Crippen MR) is 98.7 cm³/mol. The number of carbonyl (C=O) groups is 1. The smallest absolute Gasteiger partial charge is 0.337 e. The van der Waals surface area contributed by atoms with Gasteiger partial charge in [0.25, 0.3) is 10.0 Å². The highest BCUT2D eigenvalue weighted by Crippen LogP contribution is 2.26. The minimum Gasteiger partial charge on any atom is -0.478 e. The fourth-order valence-corrected chi connectivity index (χ4v) is 4.08. The average molecular weight is 415 g/mol. The Bertz CT molecular complexity index is 977. The standard InChI is InChI=1S/C17H16ClFN2O5S/c18-16-10-14(1-2-15(16)17(22)23)27(24,25)20-12-7-11(19)8-13(9-12)21-3-5-26-6-4-21/h1-2,7-10,20H,3-6H2,(H,22,23). The normalized spacial score (nSPS) is 14.8. The van der Waals surface area contributed by atoms with Crippen LogP contribution in [-0.4, -0.2) is 45.8 Å². The Hall–Kier alpha value is -2.36. The molecule has 0 saturated carbocycles. The lowest BCUT2D eigenvalue weighted by Gasteiger charge is -2.29. The lowest BCUT2D eigenvalue weighted by molar-refractivity contribution is 0.0697. The van der Waals surface area contributed by atoms with Crippen molar-refractivity contribution < 1.29 is 27.4 Å². The highest BCUT2D eigenvalue weighted by Gasteiger charge is 2.19. The summed E-state index contributed by atoms with van der Waals surface area (Å²) in [7, 11) is -4.08. The van der Waals surface area contributed by atoms with Crippen molar-refractivity contribution in [2.24, 2.45) is 0 Å². The first kappa shape index (κ1) is 19.4. The zero-order valence-electron chi connectivity index (χ0n) is 14.0. The summed E-state index contributed by atoms with van der Waals surface area (Å²) in [5.41, 5.74) is 0.376. The van der Waals surface area contributed by atoms with Crippen LogP contribution in [0.4, 0.5) is 15.8 Å². The average Bonchev–Trinajstić information content (AvgIpc) is 2.61. The van der Waals surface area contributed by atoms with Gasteiger partial charge in [-0.1, -0.05) is 11.6 Å². The van der Waals surface area contributed by atoms with E-state index in [-0.39, 0.29) is 21.2 Å². The number of ether oxygens (including phenoxy) is 1. The van der Waals surface area contributed by atoms with Crippen LogP contribution in [0.15, 0.2) is 41.3 Å². The quantitative estimate of drug-likeness (QED) is 0.781. The molecule has 1 heterocycles. The molecule has 0 atom stereocenters. The van der Waals surface area contributed by atoms with E-state index in [2.05, 4.69) is 4.72 Å². The van der Waals surface area contributed by atoms with Crippen LogP contribution in [0.25, 0.3) is 0 Å². The third-order valence-electron chi connectivity index (χ3n) is 3.99. The van der Waals surface area contributed by atoms with Crippen LogP contribution in [-0.2, 0) is 14.8 Å². The Labute approximate surface area is 160 Å². The fraction of sp³-hybridized carbons (Fsp3) is 0.235. The second kappa shape index (κ2) is 7.71. The minimum absolute atomic E-state index is 0.0509. The molecule has 0 bridgehead atoms. The number of carboxylic acid groups (broad SMARTS) is 1. The molecule has 2 aromatic carbocycles.